The number of methoxy groups -OCH3 is 5. The van der Waals surface area contributed by atoms with E-state index in [0.717, 1.165) is 30.4 Å². The van der Waals surface area contributed by atoms with E-state index in [2.05, 4.69) is 0 Å². The molecule has 0 spiro atoms. The molecule has 1 saturated carbocycles. The van der Waals surface area contributed by atoms with Gasteiger partial charge in [0.2, 0.25) is 5.75 Å². The highest BCUT2D eigenvalue weighted by atomic mass is 32.2. The molecule has 2 aromatic rings. The molecule has 2 aromatic carbocycles. The lowest BCUT2D eigenvalue weighted by atomic mass is 9.89. The lowest BCUT2D eigenvalue weighted by Gasteiger charge is -2.26. The first kappa shape index (κ1) is 26.9. The quantitative estimate of drug-likeness (QED) is 0.435. The number of sulfone groups is 1. The Hall–Kier alpha value is -2.65. The van der Waals surface area contributed by atoms with Gasteiger partial charge in [-0.15, -0.1) is 0 Å². The topological polar surface area (TPSA) is 89.5 Å². The van der Waals surface area contributed by atoms with Crippen molar-refractivity contribution in [3.63, 3.8) is 0 Å². The van der Waals surface area contributed by atoms with Crippen LogP contribution in [0.25, 0.3) is 0 Å². The minimum absolute atomic E-state index is 0.0429. The van der Waals surface area contributed by atoms with Crippen LogP contribution in [0.15, 0.2) is 29.2 Å². The molecule has 0 unspecified atom stereocenters. The van der Waals surface area contributed by atoms with Crippen LogP contribution < -0.4 is 23.7 Å². The lowest BCUT2D eigenvalue weighted by molar-refractivity contribution is 0.0804. The van der Waals surface area contributed by atoms with Gasteiger partial charge in [-0.25, -0.2) is 8.42 Å². The molecule has 0 bridgehead atoms. The van der Waals surface area contributed by atoms with Gasteiger partial charge < -0.3 is 28.4 Å². The molecule has 1 fully saturated rings. The van der Waals surface area contributed by atoms with Gasteiger partial charge in [0, 0.05) is 25.2 Å². The fourth-order valence-electron chi connectivity index (χ4n) is 4.91. The first-order chi connectivity index (χ1) is 16.7. The molecule has 35 heavy (non-hydrogen) atoms. The summed E-state index contributed by atoms with van der Waals surface area (Å²) in [5, 5.41) is 0. The Morgan fingerprint density at radius 3 is 1.66 bits per heavy atom. The third-order valence-electron chi connectivity index (χ3n) is 6.51. The Labute approximate surface area is 208 Å². The van der Waals surface area contributed by atoms with E-state index in [4.69, 9.17) is 28.4 Å². The molecule has 0 saturated heterocycles. The number of hydrogen-bond acceptors (Lipinski definition) is 8. The monoisotopic (exact) mass is 508 g/mol. The van der Waals surface area contributed by atoms with Gasteiger partial charge in [-0.1, -0.05) is 6.92 Å². The predicted octanol–water partition coefficient (Wildman–Crippen LogP) is 4.59. The van der Waals surface area contributed by atoms with Crippen LogP contribution in [0.1, 0.15) is 49.1 Å². The molecule has 3 atom stereocenters. The van der Waals surface area contributed by atoms with Gasteiger partial charge in [0.15, 0.2) is 32.8 Å². The van der Waals surface area contributed by atoms with E-state index in [1.54, 1.807) is 34.5 Å². The van der Waals surface area contributed by atoms with Gasteiger partial charge in [-0.05, 0) is 54.7 Å². The van der Waals surface area contributed by atoms with Crippen LogP contribution in [0.2, 0.25) is 0 Å². The minimum Gasteiger partial charge on any atom is -0.493 e. The summed E-state index contributed by atoms with van der Waals surface area (Å²) in [6, 6.07) is 7.47. The Morgan fingerprint density at radius 1 is 0.771 bits per heavy atom. The molecular weight excluding hydrogens is 472 g/mol. The van der Waals surface area contributed by atoms with E-state index in [-0.39, 0.29) is 28.6 Å². The fraction of sp³-hybridized carbons (Fsp3) is 0.538. The van der Waals surface area contributed by atoms with Crippen molar-refractivity contribution in [2.75, 3.05) is 48.4 Å². The van der Waals surface area contributed by atoms with Crippen LogP contribution in [-0.4, -0.2) is 62.9 Å². The number of rotatable bonds is 11. The number of ether oxygens (including phenoxy) is 6. The third kappa shape index (κ3) is 5.46. The Kier molecular flexibility index (Phi) is 8.77. The Morgan fingerprint density at radius 2 is 1.26 bits per heavy atom. The maximum absolute atomic E-state index is 12.7. The molecule has 0 aromatic heterocycles. The largest absolute Gasteiger partial charge is 0.493 e. The van der Waals surface area contributed by atoms with Gasteiger partial charge in [0.1, 0.15) is 4.90 Å². The summed E-state index contributed by atoms with van der Waals surface area (Å²) >= 11 is 0. The van der Waals surface area contributed by atoms with Gasteiger partial charge in [-0.3, -0.25) is 0 Å². The number of hydrogen-bond donors (Lipinski definition) is 0. The molecule has 0 heterocycles. The molecule has 1 aliphatic rings. The summed E-state index contributed by atoms with van der Waals surface area (Å²) in [4.78, 5) is 0.131. The standard InChI is InChI=1S/C26H36O8S/c1-8-11-34-26-22(31-4)14-17(15-23(26)35(7,27)28)19-10-9-18(24(19)32-5)16-12-20(29-2)25(33-6)21(13-16)30-3/h12-15,18-19,24H,8-11H2,1-7H3/t18-,19-,24-/m1/s1. The second-order valence-corrected chi connectivity index (χ2v) is 10.6. The van der Waals surface area contributed by atoms with E-state index < -0.39 is 9.84 Å². The highest BCUT2D eigenvalue weighted by molar-refractivity contribution is 7.90. The molecule has 3 rings (SSSR count). The second kappa shape index (κ2) is 11.4. The first-order valence-electron chi connectivity index (χ1n) is 11.6. The van der Waals surface area contributed by atoms with Crippen molar-refractivity contribution in [2.45, 2.75) is 49.0 Å². The van der Waals surface area contributed by atoms with E-state index in [0.29, 0.717) is 29.6 Å². The van der Waals surface area contributed by atoms with Crippen molar-refractivity contribution in [1.29, 1.82) is 0 Å². The van der Waals surface area contributed by atoms with Gasteiger partial charge in [-0.2, -0.15) is 0 Å². The average Bonchev–Trinajstić information content (AvgIpc) is 3.29. The van der Waals surface area contributed by atoms with Crippen molar-refractivity contribution in [2.24, 2.45) is 0 Å². The maximum Gasteiger partial charge on any atom is 0.203 e. The molecule has 9 heteroatoms. The zero-order valence-electron chi connectivity index (χ0n) is 21.5. The summed E-state index contributed by atoms with van der Waals surface area (Å²) in [5.74, 6) is 2.36. The third-order valence-corrected chi connectivity index (χ3v) is 7.61. The molecular formula is C26H36O8S. The van der Waals surface area contributed by atoms with E-state index in [9.17, 15) is 8.42 Å². The van der Waals surface area contributed by atoms with Crippen molar-refractivity contribution >= 4 is 9.84 Å². The van der Waals surface area contributed by atoms with Gasteiger partial charge in [0.05, 0.1) is 41.2 Å². The van der Waals surface area contributed by atoms with E-state index >= 15 is 0 Å². The average molecular weight is 509 g/mol. The highest BCUT2D eigenvalue weighted by Crippen LogP contribution is 2.50. The van der Waals surface area contributed by atoms with Gasteiger partial charge >= 0.3 is 0 Å². The molecule has 1 aliphatic carbocycles. The zero-order valence-corrected chi connectivity index (χ0v) is 22.4. The maximum atomic E-state index is 12.7. The molecule has 0 aliphatic heterocycles. The minimum atomic E-state index is -3.56. The SMILES string of the molecule is CCCOc1c(OC)cc([C@H]2CC[C@H](c3cc(OC)c(OC)c(OC)c3)[C@H]2OC)cc1S(C)(=O)=O. The lowest BCUT2D eigenvalue weighted by Crippen LogP contribution is -2.22. The first-order valence-corrected chi connectivity index (χ1v) is 13.5. The normalized spacial score (nSPS) is 19.9. The van der Waals surface area contributed by atoms with Crippen molar-refractivity contribution < 1.29 is 36.8 Å². The summed E-state index contributed by atoms with van der Waals surface area (Å²) in [7, 11) is 4.40. The van der Waals surface area contributed by atoms with Crippen LogP contribution in [0.3, 0.4) is 0 Å². The predicted molar refractivity (Wildman–Crippen MR) is 134 cm³/mol. The Bertz CT molecular complexity index is 1100. The molecule has 194 valence electrons. The second-order valence-electron chi connectivity index (χ2n) is 8.62. The molecule has 0 radical (unpaired) electrons. The molecule has 8 nitrogen and oxygen atoms in total. The summed E-state index contributed by atoms with van der Waals surface area (Å²) in [6.07, 6.45) is 3.38. The van der Waals surface area contributed by atoms with Crippen LogP contribution in [0.4, 0.5) is 0 Å². The number of benzene rings is 2. The van der Waals surface area contributed by atoms with Crippen molar-refractivity contribution in [3.05, 3.63) is 35.4 Å². The van der Waals surface area contributed by atoms with Crippen molar-refractivity contribution in [1.82, 2.24) is 0 Å². The highest BCUT2D eigenvalue weighted by Gasteiger charge is 2.40. The van der Waals surface area contributed by atoms with E-state index in [1.165, 1.54) is 13.4 Å². The van der Waals surface area contributed by atoms with E-state index in [1.807, 2.05) is 25.1 Å². The van der Waals surface area contributed by atoms with Crippen LogP contribution >= 0.6 is 0 Å². The smallest absolute Gasteiger partial charge is 0.203 e. The van der Waals surface area contributed by atoms with Crippen molar-refractivity contribution in [3.8, 4) is 28.7 Å². The van der Waals surface area contributed by atoms with Gasteiger partial charge in [0.25, 0.3) is 0 Å². The zero-order chi connectivity index (χ0) is 25.8. The summed E-state index contributed by atoms with van der Waals surface area (Å²) in [5.41, 5.74) is 1.85. The fourth-order valence-corrected chi connectivity index (χ4v) is 5.76. The summed E-state index contributed by atoms with van der Waals surface area (Å²) < 4.78 is 59.3. The molecule has 0 amide bonds. The van der Waals surface area contributed by atoms with Crippen LogP contribution in [-0.2, 0) is 14.6 Å². The summed E-state index contributed by atoms with van der Waals surface area (Å²) in [6.45, 7) is 2.36. The Balaban J connectivity index is 2.07. The van der Waals surface area contributed by atoms with Crippen LogP contribution in [0.5, 0.6) is 28.7 Å². The van der Waals surface area contributed by atoms with Crippen LogP contribution in [0, 0.1) is 0 Å². The molecule has 0 N–H and O–H groups in total.